The number of H-pyrrole nitrogens is 1. The van der Waals surface area contributed by atoms with Gasteiger partial charge < -0.3 is 10.1 Å². The standard InChI is InChI=1S/C19H20N4O2/c1-19(2,3)25-18(24)23-11-15(13-6-4-5-7-16(13)23)12-8-9-20-17-14(12)10-21-22-17/h4-12H,1-3H3,(H2,20,21,22). The van der Waals surface area contributed by atoms with Crippen LogP contribution in [-0.2, 0) is 4.74 Å². The number of nitrogens with zero attached hydrogens (tertiary/aromatic N) is 2. The van der Waals surface area contributed by atoms with Crippen LogP contribution in [0.5, 0.6) is 0 Å². The van der Waals surface area contributed by atoms with Gasteiger partial charge in [-0.25, -0.2) is 4.79 Å². The Hall–Kier alpha value is -3.02. The lowest BCUT2D eigenvalue weighted by molar-refractivity contribution is 0.0544. The number of hydrogen-bond donors (Lipinski definition) is 2. The minimum absolute atomic E-state index is 0.0172. The van der Waals surface area contributed by atoms with E-state index in [9.17, 15) is 4.79 Å². The number of fused-ring (bicyclic) bond motifs is 2. The van der Waals surface area contributed by atoms with Gasteiger partial charge in [-0.3, -0.25) is 9.67 Å². The van der Waals surface area contributed by atoms with Gasteiger partial charge in [-0.15, -0.1) is 0 Å². The van der Waals surface area contributed by atoms with Gasteiger partial charge in [0.05, 0.1) is 5.52 Å². The Labute approximate surface area is 145 Å². The summed E-state index contributed by atoms with van der Waals surface area (Å²) in [6, 6.07) is 7.87. The maximum absolute atomic E-state index is 12.7. The maximum atomic E-state index is 12.7. The number of allylic oxidation sites excluding steroid dienone is 1. The first-order valence-electron chi connectivity index (χ1n) is 8.24. The highest BCUT2D eigenvalue weighted by Crippen LogP contribution is 2.37. The molecule has 6 nitrogen and oxygen atoms in total. The van der Waals surface area contributed by atoms with E-state index in [2.05, 4.69) is 21.6 Å². The first kappa shape index (κ1) is 15.5. The molecule has 1 unspecified atom stereocenters. The third kappa shape index (κ3) is 2.69. The van der Waals surface area contributed by atoms with E-state index in [1.165, 1.54) is 0 Å². The van der Waals surface area contributed by atoms with E-state index in [0.717, 1.165) is 27.8 Å². The summed E-state index contributed by atoms with van der Waals surface area (Å²) >= 11 is 0. The molecule has 1 aliphatic heterocycles. The smallest absolute Gasteiger partial charge is 0.419 e. The monoisotopic (exact) mass is 336 g/mol. The number of aromatic amines is 1. The van der Waals surface area contributed by atoms with Crippen molar-refractivity contribution in [3.8, 4) is 0 Å². The summed E-state index contributed by atoms with van der Waals surface area (Å²) in [5.74, 6) is 0.824. The van der Waals surface area contributed by atoms with Crippen LogP contribution in [0.2, 0.25) is 0 Å². The molecule has 1 aliphatic rings. The minimum Gasteiger partial charge on any atom is -0.443 e. The van der Waals surface area contributed by atoms with Crippen molar-refractivity contribution in [2.45, 2.75) is 32.3 Å². The van der Waals surface area contributed by atoms with E-state index >= 15 is 0 Å². The number of nitrogens with one attached hydrogen (secondary N) is 2. The van der Waals surface area contributed by atoms with Gasteiger partial charge in [0.1, 0.15) is 5.60 Å². The SMILES string of the molecule is CC(C)(C)OC(=O)n1cc(C2C=CNc3n[nH]cc32)c2ccccc21. The van der Waals surface area contributed by atoms with Gasteiger partial charge in [0.15, 0.2) is 5.82 Å². The first-order chi connectivity index (χ1) is 11.9. The van der Waals surface area contributed by atoms with Crippen molar-refractivity contribution in [1.82, 2.24) is 14.8 Å². The van der Waals surface area contributed by atoms with Crippen LogP contribution in [0.3, 0.4) is 0 Å². The van der Waals surface area contributed by atoms with Crippen LogP contribution in [0.15, 0.2) is 48.9 Å². The quantitative estimate of drug-likeness (QED) is 0.698. The highest BCUT2D eigenvalue weighted by molar-refractivity contribution is 5.93. The number of aromatic nitrogens is 3. The van der Waals surface area contributed by atoms with Gasteiger partial charge in [-0.2, -0.15) is 5.10 Å². The zero-order chi connectivity index (χ0) is 17.6. The Morgan fingerprint density at radius 3 is 2.84 bits per heavy atom. The average molecular weight is 336 g/mol. The van der Waals surface area contributed by atoms with Gasteiger partial charge in [-0.05, 0) is 38.6 Å². The minimum atomic E-state index is -0.547. The normalized spacial score (nSPS) is 16.5. The second-order valence-electron chi connectivity index (χ2n) is 7.12. The lowest BCUT2D eigenvalue weighted by atomic mass is 9.91. The molecule has 0 bridgehead atoms. The van der Waals surface area contributed by atoms with Crippen molar-refractivity contribution >= 4 is 22.8 Å². The van der Waals surface area contributed by atoms with Crippen molar-refractivity contribution in [2.24, 2.45) is 0 Å². The fourth-order valence-electron chi connectivity index (χ4n) is 3.17. The molecule has 1 atom stereocenters. The molecule has 0 saturated carbocycles. The van der Waals surface area contributed by atoms with E-state index in [-0.39, 0.29) is 12.0 Å². The predicted molar refractivity (Wildman–Crippen MR) is 96.8 cm³/mol. The molecule has 2 N–H and O–H groups in total. The average Bonchev–Trinajstić information content (AvgIpc) is 3.17. The lowest BCUT2D eigenvalue weighted by Crippen LogP contribution is -2.26. The van der Waals surface area contributed by atoms with E-state index < -0.39 is 5.60 Å². The number of carbonyl (C=O) groups is 1. The molecular weight excluding hydrogens is 316 g/mol. The zero-order valence-electron chi connectivity index (χ0n) is 14.4. The first-order valence-corrected chi connectivity index (χ1v) is 8.24. The van der Waals surface area contributed by atoms with Crippen LogP contribution in [0.4, 0.5) is 10.6 Å². The van der Waals surface area contributed by atoms with Crippen molar-refractivity contribution in [3.63, 3.8) is 0 Å². The Kier molecular flexibility index (Phi) is 3.42. The molecule has 0 spiro atoms. The second-order valence-corrected chi connectivity index (χ2v) is 7.12. The van der Waals surface area contributed by atoms with E-state index in [4.69, 9.17) is 4.74 Å². The van der Waals surface area contributed by atoms with Crippen LogP contribution in [-0.4, -0.2) is 26.5 Å². The summed E-state index contributed by atoms with van der Waals surface area (Å²) in [5, 5.41) is 11.3. The fourth-order valence-corrected chi connectivity index (χ4v) is 3.17. The summed E-state index contributed by atoms with van der Waals surface area (Å²) < 4.78 is 7.15. The van der Waals surface area contributed by atoms with Gasteiger partial charge in [0.25, 0.3) is 0 Å². The Bertz CT molecular complexity index is 975. The molecule has 4 rings (SSSR count). The van der Waals surface area contributed by atoms with Gasteiger partial charge in [0, 0.05) is 29.3 Å². The number of hydrogen-bond acceptors (Lipinski definition) is 4. The van der Waals surface area contributed by atoms with Crippen LogP contribution in [0.1, 0.15) is 37.8 Å². The third-order valence-electron chi connectivity index (χ3n) is 4.18. The van der Waals surface area contributed by atoms with Crippen LogP contribution in [0, 0.1) is 0 Å². The second kappa shape index (κ2) is 5.51. The molecule has 0 aliphatic carbocycles. The summed E-state index contributed by atoms with van der Waals surface area (Å²) in [4.78, 5) is 12.7. The van der Waals surface area contributed by atoms with E-state index in [1.807, 2.05) is 63.6 Å². The van der Waals surface area contributed by atoms with Crippen LogP contribution >= 0.6 is 0 Å². The largest absolute Gasteiger partial charge is 0.443 e. The lowest BCUT2D eigenvalue weighted by Gasteiger charge is -2.19. The zero-order valence-corrected chi connectivity index (χ0v) is 14.4. The maximum Gasteiger partial charge on any atom is 0.419 e. The summed E-state index contributed by atoms with van der Waals surface area (Å²) in [6.45, 7) is 5.60. The van der Waals surface area contributed by atoms with Gasteiger partial charge in [0.2, 0.25) is 0 Å². The Morgan fingerprint density at radius 2 is 2.04 bits per heavy atom. The number of carbonyl (C=O) groups excluding carboxylic acids is 1. The molecule has 0 amide bonds. The Morgan fingerprint density at radius 1 is 1.24 bits per heavy atom. The molecule has 0 fully saturated rings. The molecule has 0 saturated heterocycles. The third-order valence-corrected chi connectivity index (χ3v) is 4.18. The molecular formula is C19H20N4O2. The van der Waals surface area contributed by atoms with E-state index in [0.29, 0.717) is 0 Å². The molecule has 6 heteroatoms. The highest BCUT2D eigenvalue weighted by Gasteiger charge is 2.26. The molecule has 3 aromatic rings. The van der Waals surface area contributed by atoms with Crippen LogP contribution < -0.4 is 5.32 Å². The molecule has 128 valence electrons. The molecule has 3 heterocycles. The summed E-state index contributed by atoms with van der Waals surface area (Å²) in [6.07, 6.45) is 7.33. The molecule has 2 aromatic heterocycles. The summed E-state index contributed by atoms with van der Waals surface area (Å²) in [5.41, 5.74) is 2.38. The number of anilines is 1. The van der Waals surface area contributed by atoms with Crippen molar-refractivity contribution < 1.29 is 9.53 Å². The summed E-state index contributed by atoms with van der Waals surface area (Å²) in [7, 11) is 0. The van der Waals surface area contributed by atoms with Crippen molar-refractivity contribution in [3.05, 3.63) is 60.1 Å². The molecule has 0 radical (unpaired) electrons. The predicted octanol–water partition coefficient (Wildman–Crippen LogP) is 4.22. The van der Waals surface area contributed by atoms with Gasteiger partial charge in [-0.1, -0.05) is 24.3 Å². The number of benzene rings is 1. The van der Waals surface area contributed by atoms with Gasteiger partial charge >= 0.3 is 6.09 Å². The van der Waals surface area contributed by atoms with Crippen molar-refractivity contribution in [2.75, 3.05) is 5.32 Å². The molecule has 25 heavy (non-hydrogen) atoms. The topological polar surface area (TPSA) is 71.9 Å². The fraction of sp³-hybridized carbons (Fsp3) is 0.263. The van der Waals surface area contributed by atoms with E-state index in [1.54, 1.807) is 4.57 Å². The van der Waals surface area contributed by atoms with Crippen molar-refractivity contribution in [1.29, 1.82) is 0 Å². The van der Waals surface area contributed by atoms with Crippen LogP contribution in [0.25, 0.3) is 10.9 Å². The molecule has 1 aromatic carbocycles. The Balaban J connectivity index is 1.85. The number of para-hydroxylation sites is 1. The highest BCUT2D eigenvalue weighted by atomic mass is 16.6. The number of rotatable bonds is 1. The number of ether oxygens (including phenoxy) is 1.